The number of rotatable bonds is 3. The summed E-state index contributed by atoms with van der Waals surface area (Å²) in [5.41, 5.74) is 4.33. The number of aromatic nitrogens is 3. The van der Waals surface area contributed by atoms with Crippen molar-refractivity contribution in [3.63, 3.8) is 0 Å². The van der Waals surface area contributed by atoms with E-state index in [1.807, 2.05) is 31.3 Å². The van der Waals surface area contributed by atoms with Gasteiger partial charge in [-0.15, -0.1) is 0 Å². The summed E-state index contributed by atoms with van der Waals surface area (Å²) >= 11 is 0. The standard InChI is InChI=1S/C15H18N4O/c1-11-5-13(14-7-16-18(2)8-14)6-15(17-11)12-3-4-19(9-12)10-20/h5-8,10,12H,3-4,9H2,1-2H3. The second kappa shape index (κ2) is 5.07. The first-order chi connectivity index (χ1) is 9.65. The lowest BCUT2D eigenvalue weighted by atomic mass is 10.00. The quantitative estimate of drug-likeness (QED) is 0.798. The van der Waals surface area contributed by atoms with Crippen LogP contribution in [0.2, 0.25) is 0 Å². The summed E-state index contributed by atoms with van der Waals surface area (Å²) in [6.45, 7) is 3.61. The summed E-state index contributed by atoms with van der Waals surface area (Å²) < 4.78 is 1.80. The van der Waals surface area contributed by atoms with Crippen LogP contribution in [0.15, 0.2) is 24.5 Å². The van der Waals surface area contributed by atoms with Gasteiger partial charge in [0.05, 0.1) is 6.20 Å². The van der Waals surface area contributed by atoms with Crippen LogP contribution in [0.25, 0.3) is 11.1 Å². The maximum atomic E-state index is 10.8. The maximum absolute atomic E-state index is 10.8. The van der Waals surface area contributed by atoms with Crippen LogP contribution in [-0.2, 0) is 11.8 Å². The molecule has 1 aliphatic rings. The number of hydrogen-bond acceptors (Lipinski definition) is 3. The van der Waals surface area contributed by atoms with Crippen LogP contribution >= 0.6 is 0 Å². The molecule has 0 aromatic carbocycles. The monoisotopic (exact) mass is 270 g/mol. The van der Waals surface area contributed by atoms with E-state index in [2.05, 4.69) is 22.2 Å². The van der Waals surface area contributed by atoms with Gasteiger partial charge in [-0.1, -0.05) is 0 Å². The van der Waals surface area contributed by atoms with Crippen molar-refractivity contribution in [2.75, 3.05) is 13.1 Å². The van der Waals surface area contributed by atoms with Crippen LogP contribution in [0.5, 0.6) is 0 Å². The lowest BCUT2D eigenvalue weighted by Gasteiger charge is -2.12. The fraction of sp³-hybridized carbons (Fsp3) is 0.400. The van der Waals surface area contributed by atoms with E-state index in [-0.39, 0.29) is 0 Å². The molecule has 1 fully saturated rings. The smallest absolute Gasteiger partial charge is 0.209 e. The lowest BCUT2D eigenvalue weighted by Crippen LogP contribution is -2.17. The minimum Gasteiger partial charge on any atom is -0.345 e. The topological polar surface area (TPSA) is 51.0 Å². The zero-order chi connectivity index (χ0) is 14.1. The highest BCUT2D eigenvalue weighted by atomic mass is 16.1. The third-order valence-corrected chi connectivity index (χ3v) is 3.80. The largest absolute Gasteiger partial charge is 0.345 e. The van der Waals surface area contributed by atoms with Crippen molar-refractivity contribution in [1.82, 2.24) is 19.7 Å². The second-order valence-electron chi connectivity index (χ2n) is 5.41. The molecule has 3 rings (SSSR count). The predicted molar refractivity (Wildman–Crippen MR) is 76.2 cm³/mol. The van der Waals surface area contributed by atoms with E-state index in [1.54, 1.807) is 4.68 Å². The highest BCUT2D eigenvalue weighted by molar-refractivity contribution is 5.62. The van der Waals surface area contributed by atoms with Crippen molar-refractivity contribution in [1.29, 1.82) is 0 Å². The molecule has 0 radical (unpaired) electrons. The normalized spacial score (nSPS) is 18.5. The van der Waals surface area contributed by atoms with Crippen molar-refractivity contribution in [3.05, 3.63) is 35.9 Å². The molecule has 0 N–H and O–H groups in total. The maximum Gasteiger partial charge on any atom is 0.209 e. The number of pyridine rings is 1. The summed E-state index contributed by atoms with van der Waals surface area (Å²) in [7, 11) is 1.91. The Labute approximate surface area is 118 Å². The minimum absolute atomic E-state index is 0.343. The van der Waals surface area contributed by atoms with Gasteiger partial charge in [-0.3, -0.25) is 14.5 Å². The summed E-state index contributed by atoms with van der Waals surface area (Å²) in [5.74, 6) is 0.343. The molecule has 0 saturated carbocycles. The number of hydrogen-bond donors (Lipinski definition) is 0. The molecule has 3 heterocycles. The Morgan fingerprint density at radius 1 is 1.35 bits per heavy atom. The zero-order valence-corrected chi connectivity index (χ0v) is 11.8. The molecule has 1 atom stereocenters. The Kier molecular flexibility index (Phi) is 3.26. The van der Waals surface area contributed by atoms with Gasteiger partial charge in [0.1, 0.15) is 0 Å². The van der Waals surface area contributed by atoms with Gasteiger partial charge < -0.3 is 4.90 Å². The van der Waals surface area contributed by atoms with Crippen molar-refractivity contribution >= 4 is 6.41 Å². The van der Waals surface area contributed by atoms with Crippen molar-refractivity contribution < 1.29 is 4.79 Å². The Balaban J connectivity index is 1.93. The molecule has 0 spiro atoms. The first kappa shape index (κ1) is 12.8. The molecular weight excluding hydrogens is 252 g/mol. The van der Waals surface area contributed by atoms with E-state index in [0.717, 1.165) is 48.4 Å². The van der Waals surface area contributed by atoms with Crippen molar-refractivity contribution in [2.24, 2.45) is 7.05 Å². The summed E-state index contributed by atoms with van der Waals surface area (Å²) in [5, 5.41) is 4.22. The van der Waals surface area contributed by atoms with E-state index >= 15 is 0 Å². The van der Waals surface area contributed by atoms with E-state index < -0.39 is 0 Å². The number of aryl methyl sites for hydroxylation is 2. The van der Waals surface area contributed by atoms with Gasteiger partial charge in [0.2, 0.25) is 6.41 Å². The van der Waals surface area contributed by atoms with Crippen LogP contribution in [0.4, 0.5) is 0 Å². The minimum atomic E-state index is 0.343. The van der Waals surface area contributed by atoms with Gasteiger partial charge >= 0.3 is 0 Å². The first-order valence-electron chi connectivity index (χ1n) is 6.82. The summed E-state index contributed by atoms with van der Waals surface area (Å²) in [6, 6.07) is 4.20. The fourth-order valence-corrected chi connectivity index (χ4v) is 2.76. The Morgan fingerprint density at radius 2 is 2.20 bits per heavy atom. The number of likely N-dealkylation sites (tertiary alicyclic amines) is 1. The average Bonchev–Trinajstić information content (AvgIpc) is 3.06. The van der Waals surface area contributed by atoms with Gasteiger partial charge in [0, 0.05) is 49.2 Å². The van der Waals surface area contributed by atoms with Gasteiger partial charge in [-0.2, -0.15) is 5.10 Å². The Hall–Kier alpha value is -2.17. The van der Waals surface area contributed by atoms with E-state index in [0.29, 0.717) is 5.92 Å². The molecule has 5 heteroatoms. The molecule has 1 amide bonds. The van der Waals surface area contributed by atoms with E-state index in [1.165, 1.54) is 0 Å². The predicted octanol–water partition coefficient (Wildman–Crippen LogP) is 1.74. The van der Waals surface area contributed by atoms with Gasteiger partial charge in [0.15, 0.2) is 0 Å². The number of carbonyl (C=O) groups is 1. The number of amides is 1. The average molecular weight is 270 g/mol. The molecule has 20 heavy (non-hydrogen) atoms. The molecule has 104 valence electrons. The highest BCUT2D eigenvalue weighted by Crippen LogP contribution is 2.29. The van der Waals surface area contributed by atoms with Crippen molar-refractivity contribution in [3.8, 4) is 11.1 Å². The lowest BCUT2D eigenvalue weighted by molar-refractivity contribution is -0.117. The van der Waals surface area contributed by atoms with E-state index in [4.69, 9.17) is 0 Å². The van der Waals surface area contributed by atoms with Crippen LogP contribution in [0.1, 0.15) is 23.7 Å². The third-order valence-electron chi connectivity index (χ3n) is 3.80. The van der Waals surface area contributed by atoms with Gasteiger partial charge in [0.25, 0.3) is 0 Å². The third kappa shape index (κ3) is 2.43. The second-order valence-corrected chi connectivity index (χ2v) is 5.41. The fourth-order valence-electron chi connectivity index (χ4n) is 2.76. The molecule has 2 aromatic heterocycles. The highest BCUT2D eigenvalue weighted by Gasteiger charge is 2.24. The van der Waals surface area contributed by atoms with Crippen molar-refractivity contribution in [2.45, 2.75) is 19.3 Å². The summed E-state index contributed by atoms with van der Waals surface area (Å²) in [6.07, 6.45) is 5.79. The number of nitrogens with zero attached hydrogens (tertiary/aromatic N) is 4. The molecule has 0 aliphatic carbocycles. The first-order valence-corrected chi connectivity index (χ1v) is 6.82. The van der Waals surface area contributed by atoms with E-state index in [9.17, 15) is 4.79 Å². The number of carbonyl (C=O) groups excluding carboxylic acids is 1. The van der Waals surface area contributed by atoms with Crippen LogP contribution in [0.3, 0.4) is 0 Å². The SMILES string of the molecule is Cc1cc(-c2cnn(C)c2)cc(C2CCN(C=O)C2)n1. The van der Waals surface area contributed by atoms with Gasteiger partial charge in [-0.05, 0) is 31.0 Å². The molecule has 5 nitrogen and oxygen atoms in total. The van der Waals surface area contributed by atoms with Crippen LogP contribution in [-0.4, -0.2) is 39.2 Å². The molecule has 1 unspecified atom stereocenters. The van der Waals surface area contributed by atoms with Crippen LogP contribution < -0.4 is 0 Å². The van der Waals surface area contributed by atoms with Gasteiger partial charge in [-0.25, -0.2) is 0 Å². The van der Waals surface area contributed by atoms with Crippen LogP contribution in [0, 0.1) is 6.92 Å². The molecule has 2 aromatic rings. The molecule has 0 bridgehead atoms. The summed E-state index contributed by atoms with van der Waals surface area (Å²) in [4.78, 5) is 17.3. The molecule has 1 aliphatic heterocycles. The Bertz CT molecular complexity index is 635. The molecular formula is C15H18N4O. The molecule has 1 saturated heterocycles. The zero-order valence-electron chi connectivity index (χ0n) is 11.8. The Morgan fingerprint density at radius 3 is 2.85 bits per heavy atom.